The van der Waals surface area contributed by atoms with Crippen molar-refractivity contribution in [3.63, 3.8) is 0 Å². The van der Waals surface area contributed by atoms with Crippen molar-refractivity contribution >= 4 is 5.69 Å². The zero-order valence-corrected chi connectivity index (χ0v) is 10.8. The highest BCUT2D eigenvalue weighted by molar-refractivity contribution is 5.51. The van der Waals surface area contributed by atoms with Gasteiger partial charge in [0.25, 0.3) is 0 Å². The molecule has 1 aliphatic rings. The maximum atomic E-state index is 6.05. The van der Waals surface area contributed by atoms with Crippen LogP contribution in [-0.2, 0) is 6.42 Å². The molecular weight excluding hydrogens is 212 g/mol. The van der Waals surface area contributed by atoms with Crippen LogP contribution in [0.25, 0.3) is 0 Å². The molecule has 3 heteroatoms. The second kappa shape index (κ2) is 5.41. The summed E-state index contributed by atoms with van der Waals surface area (Å²) >= 11 is 0. The number of nitrogen functional groups attached to an aromatic ring is 1. The van der Waals surface area contributed by atoms with Crippen molar-refractivity contribution < 1.29 is 4.74 Å². The fourth-order valence-corrected chi connectivity index (χ4v) is 2.46. The van der Waals surface area contributed by atoms with Gasteiger partial charge in [0.15, 0.2) is 0 Å². The lowest BCUT2D eigenvalue weighted by Crippen LogP contribution is -2.31. The molecule has 0 bridgehead atoms. The quantitative estimate of drug-likeness (QED) is 0.815. The lowest BCUT2D eigenvalue weighted by atomic mass is 9.90. The average Bonchev–Trinajstić information content (AvgIpc) is 2.34. The first-order chi connectivity index (χ1) is 8.19. The fraction of sp³-hybridized carbons (Fsp3) is 0.571. The summed E-state index contributed by atoms with van der Waals surface area (Å²) in [7, 11) is 3.86. The number of ether oxygens (including phenoxy) is 1. The van der Waals surface area contributed by atoms with Gasteiger partial charge in [-0.1, -0.05) is 6.07 Å². The molecule has 0 atom stereocenters. The molecule has 3 nitrogen and oxygen atoms in total. The van der Waals surface area contributed by atoms with Crippen LogP contribution in [0.15, 0.2) is 18.2 Å². The summed E-state index contributed by atoms with van der Waals surface area (Å²) in [4.78, 5) is 2.40. The Morgan fingerprint density at radius 2 is 2.06 bits per heavy atom. The van der Waals surface area contributed by atoms with E-state index < -0.39 is 0 Å². The monoisotopic (exact) mass is 234 g/mol. The molecule has 1 saturated heterocycles. The van der Waals surface area contributed by atoms with Crippen LogP contribution in [0.3, 0.4) is 0 Å². The number of piperidine rings is 1. The van der Waals surface area contributed by atoms with E-state index in [1.54, 1.807) is 7.11 Å². The standard InChI is InChI=1S/C14H22N2O/c1-16-7-5-11(6-8-16)9-12-3-4-13(17-2)10-14(12)15/h3-4,10-11H,5-9,15H2,1-2H3. The molecule has 0 unspecified atom stereocenters. The van der Waals surface area contributed by atoms with Crippen LogP contribution in [0.4, 0.5) is 5.69 Å². The molecule has 2 rings (SSSR count). The van der Waals surface area contributed by atoms with E-state index in [0.717, 1.165) is 23.8 Å². The summed E-state index contributed by atoms with van der Waals surface area (Å²) in [6, 6.07) is 6.03. The molecule has 0 saturated carbocycles. The molecule has 1 heterocycles. The van der Waals surface area contributed by atoms with Gasteiger partial charge >= 0.3 is 0 Å². The van der Waals surface area contributed by atoms with Crippen molar-refractivity contribution in [2.24, 2.45) is 5.92 Å². The van der Waals surface area contributed by atoms with Crippen LogP contribution < -0.4 is 10.5 Å². The number of methoxy groups -OCH3 is 1. The van der Waals surface area contributed by atoms with Crippen LogP contribution in [0, 0.1) is 5.92 Å². The van der Waals surface area contributed by atoms with Gasteiger partial charge in [-0.2, -0.15) is 0 Å². The van der Waals surface area contributed by atoms with Crippen LogP contribution in [0.1, 0.15) is 18.4 Å². The van der Waals surface area contributed by atoms with Gasteiger partial charge in [-0.3, -0.25) is 0 Å². The molecule has 0 aromatic heterocycles. The van der Waals surface area contributed by atoms with Crippen LogP contribution in [0.2, 0.25) is 0 Å². The minimum Gasteiger partial charge on any atom is -0.497 e. The molecule has 2 N–H and O–H groups in total. The molecule has 1 aromatic rings. The molecule has 0 amide bonds. The Balaban J connectivity index is 1.99. The Morgan fingerprint density at radius 3 is 2.65 bits per heavy atom. The number of nitrogens with two attached hydrogens (primary N) is 1. The third kappa shape index (κ3) is 3.13. The molecule has 1 aliphatic heterocycles. The van der Waals surface area contributed by atoms with Gasteiger partial charge in [0.05, 0.1) is 7.11 Å². The van der Waals surface area contributed by atoms with Crippen molar-refractivity contribution in [2.75, 3.05) is 33.0 Å². The summed E-state index contributed by atoms with van der Waals surface area (Å²) in [6.07, 6.45) is 3.66. The second-order valence-electron chi connectivity index (χ2n) is 5.02. The number of rotatable bonds is 3. The Labute approximate surface area is 104 Å². The Bertz CT molecular complexity index is 370. The van der Waals surface area contributed by atoms with Crippen molar-refractivity contribution in [3.05, 3.63) is 23.8 Å². The Hall–Kier alpha value is -1.22. The van der Waals surface area contributed by atoms with Gasteiger partial charge in [-0.15, -0.1) is 0 Å². The lowest BCUT2D eigenvalue weighted by molar-refractivity contribution is 0.219. The van der Waals surface area contributed by atoms with Crippen molar-refractivity contribution in [1.82, 2.24) is 4.90 Å². The van der Waals surface area contributed by atoms with Crippen molar-refractivity contribution in [1.29, 1.82) is 0 Å². The number of nitrogens with zero attached hydrogens (tertiary/aromatic N) is 1. The second-order valence-corrected chi connectivity index (χ2v) is 5.02. The Morgan fingerprint density at radius 1 is 1.35 bits per heavy atom. The molecular formula is C14H22N2O. The highest BCUT2D eigenvalue weighted by Gasteiger charge is 2.17. The third-order valence-electron chi connectivity index (χ3n) is 3.70. The van der Waals surface area contributed by atoms with Gasteiger partial charge in [0, 0.05) is 11.8 Å². The van der Waals surface area contributed by atoms with E-state index >= 15 is 0 Å². The van der Waals surface area contributed by atoms with E-state index in [1.165, 1.54) is 31.5 Å². The van der Waals surface area contributed by atoms with E-state index in [4.69, 9.17) is 10.5 Å². The highest BCUT2D eigenvalue weighted by Crippen LogP contribution is 2.26. The largest absolute Gasteiger partial charge is 0.497 e. The van der Waals surface area contributed by atoms with E-state index in [9.17, 15) is 0 Å². The molecule has 0 aliphatic carbocycles. The first-order valence-electron chi connectivity index (χ1n) is 6.30. The maximum Gasteiger partial charge on any atom is 0.120 e. The number of likely N-dealkylation sites (tertiary alicyclic amines) is 1. The van der Waals surface area contributed by atoms with E-state index in [0.29, 0.717) is 0 Å². The first-order valence-corrected chi connectivity index (χ1v) is 6.30. The lowest BCUT2D eigenvalue weighted by Gasteiger charge is -2.29. The number of benzene rings is 1. The minimum atomic E-state index is 0.780. The van der Waals surface area contributed by atoms with Gasteiger partial charge in [-0.25, -0.2) is 0 Å². The number of hydrogen-bond donors (Lipinski definition) is 1. The summed E-state index contributed by atoms with van der Waals surface area (Å²) < 4.78 is 5.17. The van der Waals surface area contributed by atoms with Gasteiger partial charge in [0.2, 0.25) is 0 Å². The highest BCUT2D eigenvalue weighted by atomic mass is 16.5. The third-order valence-corrected chi connectivity index (χ3v) is 3.70. The van der Waals surface area contributed by atoms with E-state index in [1.807, 2.05) is 12.1 Å². The normalized spacial score (nSPS) is 18.2. The molecule has 1 fully saturated rings. The van der Waals surface area contributed by atoms with Gasteiger partial charge in [0.1, 0.15) is 5.75 Å². The molecule has 94 valence electrons. The minimum absolute atomic E-state index is 0.780. The molecule has 0 radical (unpaired) electrons. The topological polar surface area (TPSA) is 38.5 Å². The predicted octanol–water partition coefficient (Wildman–Crippen LogP) is 2.16. The first kappa shape index (κ1) is 12.2. The summed E-state index contributed by atoms with van der Waals surface area (Å²) in [6.45, 7) is 2.42. The van der Waals surface area contributed by atoms with Gasteiger partial charge in [-0.05, 0) is 56.9 Å². The zero-order chi connectivity index (χ0) is 12.3. The molecule has 1 aromatic carbocycles. The summed E-state index contributed by atoms with van der Waals surface area (Å²) in [5.74, 6) is 1.62. The molecule has 17 heavy (non-hydrogen) atoms. The number of hydrogen-bond acceptors (Lipinski definition) is 3. The smallest absolute Gasteiger partial charge is 0.120 e. The molecule has 0 spiro atoms. The van der Waals surface area contributed by atoms with Crippen LogP contribution >= 0.6 is 0 Å². The van der Waals surface area contributed by atoms with Crippen LogP contribution in [0.5, 0.6) is 5.75 Å². The van der Waals surface area contributed by atoms with E-state index in [2.05, 4.69) is 18.0 Å². The Kier molecular flexibility index (Phi) is 3.89. The zero-order valence-electron chi connectivity index (χ0n) is 10.8. The maximum absolute atomic E-state index is 6.05. The van der Waals surface area contributed by atoms with E-state index in [-0.39, 0.29) is 0 Å². The van der Waals surface area contributed by atoms with Crippen molar-refractivity contribution in [2.45, 2.75) is 19.3 Å². The fourth-order valence-electron chi connectivity index (χ4n) is 2.46. The number of anilines is 1. The van der Waals surface area contributed by atoms with Crippen LogP contribution in [-0.4, -0.2) is 32.1 Å². The van der Waals surface area contributed by atoms with Gasteiger partial charge < -0.3 is 15.4 Å². The summed E-state index contributed by atoms with van der Waals surface area (Å²) in [5.41, 5.74) is 8.18. The summed E-state index contributed by atoms with van der Waals surface area (Å²) in [5, 5.41) is 0. The average molecular weight is 234 g/mol. The van der Waals surface area contributed by atoms with Crippen molar-refractivity contribution in [3.8, 4) is 5.75 Å². The predicted molar refractivity (Wildman–Crippen MR) is 71.3 cm³/mol. The SMILES string of the molecule is COc1ccc(CC2CCN(C)CC2)c(N)c1.